The second-order valence-electron chi connectivity index (χ2n) is 8.33. The highest BCUT2D eigenvalue weighted by Gasteiger charge is 2.28. The first-order valence-corrected chi connectivity index (χ1v) is 10.6. The highest BCUT2D eigenvalue weighted by molar-refractivity contribution is 6.44. The molecule has 0 bridgehead atoms. The number of nitrogens with one attached hydrogen (secondary N) is 2. The van der Waals surface area contributed by atoms with Crippen molar-refractivity contribution in [2.45, 2.75) is 39.7 Å². The zero-order valence-corrected chi connectivity index (χ0v) is 18.9. The van der Waals surface area contributed by atoms with Gasteiger partial charge in [0.25, 0.3) is 0 Å². The second-order valence-corrected chi connectivity index (χ2v) is 8.33. The number of benzene rings is 2. The van der Waals surface area contributed by atoms with Gasteiger partial charge in [0, 0.05) is 23.0 Å². The fraction of sp³-hybridized carbons (Fsp3) is 0.375. The summed E-state index contributed by atoms with van der Waals surface area (Å²) in [6, 6.07) is 12.0. The number of aryl methyl sites for hydroxylation is 1. The molecule has 3 amide bonds. The maximum absolute atomic E-state index is 13.1. The molecule has 0 radical (unpaired) electrons. The van der Waals surface area contributed by atoms with Crippen LogP contribution in [0.1, 0.15) is 32.8 Å². The Labute approximate surface area is 187 Å². The van der Waals surface area contributed by atoms with E-state index in [4.69, 9.17) is 9.47 Å². The molecular weight excluding hydrogens is 410 g/mol. The van der Waals surface area contributed by atoms with E-state index in [1.54, 1.807) is 30.3 Å². The van der Waals surface area contributed by atoms with E-state index in [0.717, 1.165) is 12.0 Å². The summed E-state index contributed by atoms with van der Waals surface area (Å²) < 4.78 is 11.0. The van der Waals surface area contributed by atoms with E-state index >= 15 is 0 Å². The van der Waals surface area contributed by atoms with E-state index in [2.05, 4.69) is 10.6 Å². The number of ether oxygens (including phenoxy) is 2. The molecule has 2 N–H and O–H groups in total. The Bertz CT molecular complexity index is 1000. The van der Waals surface area contributed by atoms with Crippen LogP contribution >= 0.6 is 0 Å². The van der Waals surface area contributed by atoms with Gasteiger partial charge in [-0.3, -0.25) is 19.3 Å². The van der Waals surface area contributed by atoms with Crippen LogP contribution in [0, 0.1) is 6.92 Å². The molecule has 1 aliphatic rings. The minimum absolute atomic E-state index is 0.278. The lowest BCUT2D eigenvalue weighted by molar-refractivity contribution is -0.135. The molecule has 2 aromatic carbocycles. The van der Waals surface area contributed by atoms with E-state index in [0.29, 0.717) is 36.1 Å². The third kappa shape index (κ3) is 5.78. The van der Waals surface area contributed by atoms with Crippen molar-refractivity contribution < 1.29 is 23.9 Å². The highest BCUT2D eigenvalue weighted by Crippen LogP contribution is 2.32. The zero-order valence-electron chi connectivity index (χ0n) is 18.9. The lowest BCUT2D eigenvalue weighted by atomic mass is 10.0. The van der Waals surface area contributed by atoms with Crippen LogP contribution < -0.4 is 25.0 Å². The Hall–Kier alpha value is -3.55. The fourth-order valence-electron chi connectivity index (χ4n) is 3.08. The molecule has 8 heteroatoms. The van der Waals surface area contributed by atoms with Crippen LogP contribution in [0.2, 0.25) is 0 Å². The number of carbonyl (C=O) groups is 3. The van der Waals surface area contributed by atoms with Gasteiger partial charge in [-0.15, -0.1) is 0 Å². The van der Waals surface area contributed by atoms with Gasteiger partial charge >= 0.3 is 11.8 Å². The number of carbonyl (C=O) groups excluding carboxylic acids is 3. The molecule has 0 saturated carbocycles. The summed E-state index contributed by atoms with van der Waals surface area (Å²) in [6.07, 6.45) is 0.724. The minimum atomic E-state index is -0.857. The maximum atomic E-state index is 13.1. The third-order valence-corrected chi connectivity index (χ3v) is 5.25. The van der Waals surface area contributed by atoms with Crippen LogP contribution in [0.4, 0.5) is 11.4 Å². The van der Waals surface area contributed by atoms with E-state index in [9.17, 15) is 14.4 Å². The third-order valence-electron chi connectivity index (χ3n) is 5.25. The van der Waals surface area contributed by atoms with Gasteiger partial charge < -0.3 is 20.1 Å². The summed E-state index contributed by atoms with van der Waals surface area (Å²) in [7, 11) is 0. The predicted molar refractivity (Wildman–Crippen MR) is 122 cm³/mol. The van der Waals surface area contributed by atoms with Gasteiger partial charge in [-0.05, 0) is 51.5 Å². The van der Waals surface area contributed by atoms with E-state index in [-0.39, 0.29) is 12.5 Å². The molecule has 3 rings (SSSR count). The van der Waals surface area contributed by atoms with E-state index in [1.165, 1.54) is 4.90 Å². The van der Waals surface area contributed by atoms with Gasteiger partial charge in [0.05, 0.1) is 0 Å². The van der Waals surface area contributed by atoms with Crippen molar-refractivity contribution in [1.82, 2.24) is 5.32 Å². The summed E-state index contributed by atoms with van der Waals surface area (Å²) in [4.78, 5) is 39.7. The smallest absolute Gasteiger partial charge is 0.317 e. The number of anilines is 2. The SMILES string of the molecule is CCC(C)(C)NC(=O)CN(C(=O)C(=O)Nc1ccc2c(c1)OCCO2)c1ccc(C)cc1. The number of hydrogen-bond donors (Lipinski definition) is 2. The maximum Gasteiger partial charge on any atom is 0.317 e. The molecule has 1 heterocycles. The van der Waals surface area contributed by atoms with Crippen LogP contribution in [0.15, 0.2) is 42.5 Å². The summed E-state index contributed by atoms with van der Waals surface area (Å²) in [6.45, 7) is 8.27. The second kappa shape index (κ2) is 9.72. The van der Waals surface area contributed by atoms with Gasteiger partial charge in [0.1, 0.15) is 19.8 Å². The predicted octanol–water partition coefficient (Wildman–Crippen LogP) is 3.04. The Morgan fingerprint density at radius 3 is 2.31 bits per heavy atom. The quantitative estimate of drug-likeness (QED) is 0.675. The molecule has 0 saturated heterocycles. The lowest BCUT2D eigenvalue weighted by Crippen LogP contribution is -2.50. The number of hydrogen-bond acceptors (Lipinski definition) is 5. The molecule has 0 atom stereocenters. The first-order valence-electron chi connectivity index (χ1n) is 10.6. The first-order chi connectivity index (χ1) is 15.2. The molecular formula is C24H29N3O5. The topological polar surface area (TPSA) is 97.0 Å². The standard InChI is InChI=1S/C24H29N3O5/c1-5-24(3,4)26-21(28)15-27(18-9-6-16(2)7-10-18)23(30)22(29)25-17-8-11-19-20(14-17)32-13-12-31-19/h6-11,14H,5,12-13,15H2,1-4H3,(H,25,29)(H,26,28). The molecule has 0 aromatic heterocycles. The molecule has 8 nitrogen and oxygen atoms in total. The molecule has 1 aliphatic heterocycles. The van der Waals surface area contributed by atoms with Crippen molar-refractivity contribution in [1.29, 1.82) is 0 Å². The number of nitrogens with zero attached hydrogens (tertiary/aromatic N) is 1. The van der Waals surface area contributed by atoms with Crippen LogP contribution in [0.25, 0.3) is 0 Å². The summed E-state index contributed by atoms with van der Waals surface area (Å²) in [5.74, 6) is -0.967. The molecule has 170 valence electrons. The Balaban J connectivity index is 1.78. The zero-order chi connectivity index (χ0) is 23.3. The van der Waals surface area contributed by atoms with Crippen LogP contribution in [-0.4, -0.2) is 43.0 Å². The highest BCUT2D eigenvalue weighted by atomic mass is 16.6. The van der Waals surface area contributed by atoms with Gasteiger partial charge in [0.2, 0.25) is 5.91 Å². The molecule has 0 fully saturated rings. The van der Waals surface area contributed by atoms with Crippen LogP contribution in [-0.2, 0) is 14.4 Å². The van der Waals surface area contributed by atoms with Crippen molar-refractivity contribution in [3.63, 3.8) is 0 Å². The van der Waals surface area contributed by atoms with Gasteiger partial charge in [-0.2, -0.15) is 0 Å². The van der Waals surface area contributed by atoms with E-state index in [1.807, 2.05) is 39.8 Å². The largest absolute Gasteiger partial charge is 0.486 e. The average molecular weight is 440 g/mol. The minimum Gasteiger partial charge on any atom is -0.486 e. The monoisotopic (exact) mass is 439 g/mol. The average Bonchev–Trinajstić information content (AvgIpc) is 2.77. The van der Waals surface area contributed by atoms with Crippen LogP contribution in [0.3, 0.4) is 0 Å². The normalized spacial score (nSPS) is 12.6. The Morgan fingerprint density at radius 1 is 1.00 bits per heavy atom. The van der Waals surface area contributed by atoms with Gasteiger partial charge in [0.15, 0.2) is 11.5 Å². The molecule has 2 aromatic rings. The van der Waals surface area contributed by atoms with Crippen molar-refractivity contribution in [2.24, 2.45) is 0 Å². The van der Waals surface area contributed by atoms with Gasteiger partial charge in [-0.25, -0.2) is 0 Å². The van der Waals surface area contributed by atoms with Crippen molar-refractivity contribution >= 4 is 29.1 Å². The van der Waals surface area contributed by atoms with Gasteiger partial charge in [-0.1, -0.05) is 24.6 Å². The summed E-state index contributed by atoms with van der Waals surface area (Å²) >= 11 is 0. The molecule has 0 unspecified atom stereocenters. The fourth-order valence-corrected chi connectivity index (χ4v) is 3.08. The first kappa shape index (κ1) is 23.1. The summed E-state index contributed by atoms with van der Waals surface area (Å²) in [5.41, 5.74) is 1.43. The number of fused-ring (bicyclic) bond motifs is 1. The number of rotatable bonds is 6. The van der Waals surface area contributed by atoms with E-state index < -0.39 is 17.4 Å². The lowest BCUT2D eigenvalue weighted by Gasteiger charge is -2.27. The number of amides is 3. The van der Waals surface area contributed by atoms with Crippen molar-refractivity contribution in [2.75, 3.05) is 30.0 Å². The summed E-state index contributed by atoms with van der Waals surface area (Å²) in [5, 5.41) is 5.49. The molecule has 32 heavy (non-hydrogen) atoms. The molecule has 0 spiro atoms. The Kier molecular flexibility index (Phi) is 7.02. The van der Waals surface area contributed by atoms with Crippen molar-refractivity contribution in [3.05, 3.63) is 48.0 Å². The molecule has 0 aliphatic carbocycles. The Morgan fingerprint density at radius 2 is 1.66 bits per heavy atom. The van der Waals surface area contributed by atoms with Crippen molar-refractivity contribution in [3.8, 4) is 11.5 Å². The van der Waals surface area contributed by atoms with Crippen LogP contribution in [0.5, 0.6) is 11.5 Å².